The molecule has 15 heteroatoms. The highest BCUT2D eigenvalue weighted by Gasteiger charge is 2.65. The zero-order chi connectivity index (χ0) is 40.0. The third kappa shape index (κ3) is 7.25. The summed E-state index contributed by atoms with van der Waals surface area (Å²) < 4.78 is 41.0. The van der Waals surface area contributed by atoms with Gasteiger partial charge in [0.2, 0.25) is 5.91 Å². The fourth-order valence-corrected chi connectivity index (χ4v) is 7.20. The SMILES string of the molecule is C/C=C1/C(=C/c2[nH]c(/C=c3\[nH]/c(=C\C4=NC(=O)C(CC)=C4c4ccc(C5(C(F)(F)F)N=N5)cc4)c(C)c3CCC(=O)O)c(CCC(=O)O)c2C)NC(=O)[C@@H]1C. The second-order valence-corrected chi connectivity index (χ2v) is 13.7. The Bertz CT molecular complexity index is 2420. The first-order valence-electron chi connectivity index (χ1n) is 17.7. The second-order valence-electron chi connectivity index (χ2n) is 13.7. The number of hydrogen-bond acceptors (Lipinski definition) is 6. The molecule has 1 aromatic carbocycles. The number of aliphatic carboxylic acids is 2. The average Bonchev–Trinajstić information content (AvgIpc) is 3.64. The number of nitrogens with one attached hydrogen (secondary N) is 3. The topological polar surface area (TPSA) is 189 Å². The van der Waals surface area contributed by atoms with Gasteiger partial charge in [-0.2, -0.15) is 13.2 Å². The highest BCUT2D eigenvalue weighted by Crippen LogP contribution is 2.52. The first-order valence-corrected chi connectivity index (χ1v) is 17.7. The van der Waals surface area contributed by atoms with Crippen LogP contribution in [0.25, 0.3) is 23.8 Å². The lowest BCUT2D eigenvalue weighted by Crippen LogP contribution is -2.30. The van der Waals surface area contributed by atoms with Gasteiger partial charge in [0.25, 0.3) is 5.91 Å². The Balaban J connectivity index is 1.47. The van der Waals surface area contributed by atoms with Crippen LogP contribution in [0.3, 0.4) is 0 Å². The number of benzene rings is 1. The number of carboxylic acid groups (broad SMARTS) is 2. The number of aliphatic imine (C=N–C) groups is 1. The second kappa shape index (κ2) is 14.6. The van der Waals surface area contributed by atoms with Crippen LogP contribution in [0, 0.1) is 19.8 Å². The van der Waals surface area contributed by atoms with E-state index in [0.29, 0.717) is 62.0 Å². The minimum absolute atomic E-state index is 0.134. The molecule has 0 saturated carbocycles. The summed E-state index contributed by atoms with van der Waals surface area (Å²) in [5, 5.41) is 29.7. The fourth-order valence-electron chi connectivity index (χ4n) is 7.20. The van der Waals surface area contributed by atoms with Gasteiger partial charge in [-0.15, -0.1) is 10.2 Å². The van der Waals surface area contributed by atoms with Crippen LogP contribution in [-0.4, -0.2) is 55.8 Å². The highest BCUT2D eigenvalue weighted by atomic mass is 19.4. The lowest BCUT2D eigenvalue weighted by atomic mass is 9.93. The molecule has 5 heterocycles. The summed E-state index contributed by atoms with van der Waals surface area (Å²) in [6.07, 6.45) is 2.73. The number of aromatic nitrogens is 2. The molecule has 2 amide bonds. The van der Waals surface area contributed by atoms with Gasteiger partial charge in [-0.05, 0) is 98.6 Å². The van der Waals surface area contributed by atoms with Crippen molar-refractivity contribution < 1.29 is 42.6 Å². The molecule has 3 aliphatic rings. The largest absolute Gasteiger partial charge is 0.481 e. The summed E-state index contributed by atoms with van der Waals surface area (Å²) >= 11 is 0. The maximum Gasteiger partial charge on any atom is 0.442 e. The van der Waals surface area contributed by atoms with E-state index in [1.165, 1.54) is 24.3 Å². The van der Waals surface area contributed by atoms with Crippen molar-refractivity contribution in [3.05, 3.63) is 103 Å². The minimum Gasteiger partial charge on any atom is -0.481 e. The van der Waals surface area contributed by atoms with Crippen LogP contribution in [0.15, 0.2) is 62.4 Å². The van der Waals surface area contributed by atoms with E-state index < -0.39 is 29.7 Å². The molecular weight excluding hydrogens is 717 g/mol. The summed E-state index contributed by atoms with van der Waals surface area (Å²) in [4.78, 5) is 60.0. The van der Waals surface area contributed by atoms with E-state index in [0.717, 1.165) is 16.7 Å². The maximum absolute atomic E-state index is 13.7. The number of aromatic amines is 2. The molecule has 3 aliphatic heterocycles. The molecule has 0 spiro atoms. The molecule has 6 rings (SSSR count). The number of carbonyl (C=O) groups excluding carboxylic acids is 2. The molecule has 0 radical (unpaired) electrons. The highest BCUT2D eigenvalue weighted by molar-refractivity contribution is 6.46. The Labute approximate surface area is 313 Å². The van der Waals surface area contributed by atoms with Crippen LogP contribution in [0.4, 0.5) is 13.2 Å². The van der Waals surface area contributed by atoms with Gasteiger partial charge >= 0.3 is 23.8 Å². The zero-order valence-electron chi connectivity index (χ0n) is 30.7. The third-order valence-corrected chi connectivity index (χ3v) is 10.3. The van der Waals surface area contributed by atoms with Crippen LogP contribution in [0.1, 0.15) is 84.8 Å². The number of carboxylic acids is 2. The quantitative estimate of drug-likeness (QED) is 0.158. The average molecular weight is 757 g/mol. The summed E-state index contributed by atoms with van der Waals surface area (Å²) in [5.74, 6) is -2.94. The molecule has 286 valence electrons. The lowest BCUT2D eigenvalue weighted by Gasteiger charge is -2.15. The number of nitrogens with zero attached hydrogens (tertiary/aromatic N) is 3. The number of allylic oxidation sites excluding steroid dienone is 3. The Morgan fingerprint density at radius 3 is 2.09 bits per heavy atom. The van der Waals surface area contributed by atoms with Crippen molar-refractivity contribution in [1.29, 1.82) is 0 Å². The van der Waals surface area contributed by atoms with Crippen LogP contribution < -0.4 is 16.0 Å². The van der Waals surface area contributed by atoms with Crippen LogP contribution in [0.5, 0.6) is 0 Å². The predicted octanol–water partition coefficient (Wildman–Crippen LogP) is 5.68. The monoisotopic (exact) mass is 756 g/mol. The Hall–Kier alpha value is -6.12. The van der Waals surface area contributed by atoms with Crippen molar-refractivity contribution in [2.45, 2.75) is 78.6 Å². The summed E-state index contributed by atoms with van der Waals surface area (Å²) in [6, 6.07) is 5.53. The molecule has 12 nitrogen and oxygen atoms in total. The summed E-state index contributed by atoms with van der Waals surface area (Å²) in [5.41, 5.74) is 4.42. The van der Waals surface area contributed by atoms with Crippen molar-refractivity contribution in [1.82, 2.24) is 15.3 Å². The molecule has 0 bridgehead atoms. The molecular formula is C40H39F3N6O6. The predicted molar refractivity (Wildman–Crippen MR) is 198 cm³/mol. The number of hydrogen-bond donors (Lipinski definition) is 5. The normalized spacial score (nSPS) is 20.0. The van der Waals surface area contributed by atoms with Gasteiger partial charge in [0.15, 0.2) is 0 Å². The number of halogens is 3. The van der Waals surface area contributed by atoms with Crippen molar-refractivity contribution >= 4 is 53.3 Å². The van der Waals surface area contributed by atoms with Gasteiger partial charge in [-0.1, -0.05) is 37.3 Å². The van der Waals surface area contributed by atoms with E-state index in [1.54, 1.807) is 26.0 Å². The first-order chi connectivity index (χ1) is 26.0. The first kappa shape index (κ1) is 38.6. The van der Waals surface area contributed by atoms with E-state index in [1.807, 2.05) is 32.9 Å². The van der Waals surface area contributed by atoms with E-state index in [9.17, 15) is 42.6 Å². The van der Waals surface area contributed by atoms with Gasteiger partial charge in [0.05, 0.1) is 11.6 Å². The maximum atomic E-state index is 13.7. The summed E-state index contributed by atoms with van der Waals surface area (Å²) in [6.45, 7) is 9.10. The van der Waals surface area contributed by atoms with Gasteiger partial charge in [-0.3, -0.25) is 19.2 Å². The third-order valence-electron chi connectivity index (χ3n) is 10.3. The fraction of sp³-hybridized carbons (Fsp3) is 0.325. The standard InChI is InChI=1S/C40H39F3N6O6/c1-6-24-21(5)37(54)46-30(24)16-28-19(3)26(12-14-34(50)51)31(44-28)18-32-27(13-15-35(52)53)20(4)29(45-32)17-33-36(25(7-2)38(55)47-33)22-8-10-23(11-9-22)39(48-49-39)40(41,42)43/h6,8-11,16-18,21,44-45H,7,12-15H2,1-5H3,(H,46,54)(H,50,51)(H,52,53)/b24-6+,29-17-,30-16-,32-18-/t21-/m1/s1. The zero-order valence-corrected chi connectivity index (χ0v) is 30.7. The minimum atomic E-state index is -4.69. The van der Waals surface area contributed by atoms with Gasteiger partial charge in [0.1, 0.15) is 0 Å². The smallest absolute Gasteiger partial charge is 0.442 e. The van der Waals surface area contributed by atoms with Crippen LogP contribution in [-0.2, 0) is 37.7 Å². The van der Waals surface area contributed by atoms with Gasteiger partial charge in [0, 0.05) is 57.3 Å². The lowest BCUT2D eigenvalue weighted by molar-refractivity contribution is -0.166. The molecule has 1 saturated heterocycles. The van der Waals surface area contributed by atoms with Crippen molar-refractivity contribution in [2.24, 2.45) is 21.1 Å². The number of alkyl halides is 3. The van der Waals surface area contributed by atoms with E-state index in [4.69, 9.17) is 0 Å². The van der Waals surface area contributed by atoms with Crippen molar-refractivity contribution in [3.8, 4) is 0 Å². The molecule has 1 atom stereocenters. The molecule has 0 unspecified atom stereocenters. The molecule has 0 aliphatic carbocycles. The van der Waals surface area contributed by atoms with Crippen LogP contribution in [0.2, 0.25) is 0 Å². The Morgan fingerprint density at radius 1 is 0.891 bits per heavy atom. The molecule has 55 heavy (non-hydrogen) atoms. The Kier molecular flexibility index (Phi) is 10.3. The molecule has 5 N–H and O–H groups in total. The number of carbonyl (C=O) groups is 4. The van der Waals surface area contributed by atoms with Gasteiger partial charge < -0.3 is 25.5 Å². The Morgan fingerprint density at radius 2 is 1.53 bits per heavy atom. The van der Waals surface area contributed by atoms with Crippen LogP contribution >= 0.6 is 0 Å². The van der Waals surface area contributed by atoms with E-state index >= 15 is 0 Å². The molecule has 1 fully saturated rings. The number of amides is 2. The van der Waals surface area contributed by atoms with Crippen molar-refractivity contribution in [3.63, 3.8) is 0 Å². The number of H-pyrrole nitrogens is 2. The molecule has 3 aromatic rings. The van der Waals surface area contributed by atoms with E-state index in [-0.39, 0.29) is 48.8 Å². The van der Waals surface area contributed by atoms with E-state index in [2.05, 4.69) is 30.5 Å². The molecule has 2 aromatic heterocycles. The van der Waals surface area contributed by atoms with Gasteiger partial charge in [-0.25, -0.2) is 4.99 Å². The van der Waals surface area contributed by atoms with Crippen molar-refractivity contribution in [2.75, 3.05) is 0 Å². The number of rotatable bonds is 12. The summed E-state index contributed by atoms with van der Waals surface area (Å²) in [7, 11) is 0.